The van der Waals surface area contributed by atoms with Gasteiger partial charge in [0, 0.05) is 31.4 Å². The van der Waals surface area contributed by atoms with Gasteiger partial charge in [-0.15, -0.1) is 0 Å². The highest BCUT2D eigenvalue weighted by atomic mass is 16.5. The minimum absolute atomic E-state index is 0.206. The first kappa shape index (κ1) is 23.1. The summed E-state index contributed by atoms with van der Waals surface area (Å²) < 4.78 is 11.2. The first-order valence-corrected chi connectivity index (χ1v) is 10.9. The number of hydrogen-bond acceptors (Lipinski definition) is 6. The number of anilines is 1. The van der Waals surface area contributed by atoms with E-state index in [2.05, 4.69) is 33.5 Å². The second-order valence-corrected chi connectivity index (χ2v) is 8.30. The average Bonchev–Trinajstić information content (AvgIpc) is 3.09. The van der Waals surface area contributed by atoms with E-state index >= 15 is 0 Å². The lowest BCUT2D eigenvalue weighted by molar-refractivity contribution is 0.0529. The molecule has 0 amide bonds. The minimum Gasteiger partial charge on any atom is -0.466 e. The van der Waals surface area contributed by atoms with Crippen LogP contribution in [0.15, 0.2) is 33.8 Å². The summed E-state index contributed by atoms with van der Waals surface area (Å²) in [4.78, 5) is 11.5. The van der Waals surface area contributed by atoms with E-state index in [9.17, 15) is 5.11 Å². The van der Waals surface area contributed by atoms with Gasteiger partial charge in [0.15, 0.2) is 5.96 Å². The van der Waals surface area contributed by atoms with Crippen LogP contribution in [0.4, 0.5) is 5.82 Å². The van der Waals surface area contributed by atoms with E-state index in [-0.39, 0.29) is 6.10 Å². The zero-order valence-electron chi connectivity index (χ0n) is 19.2. The highest BCUT2D eigenvalue weighted by Gasteiger charge is 2.28. The number of aliphatic hydroxyl groups is 1. The summed E-state index contributed by atoms with van der Waals surface area (Å²) in [6.45, 7) is 13.6. The van der Waals surface area contributed by atoms with Gasteiger partial charge in [0.2, 0.25) is 0 Å². The summed E-state index contributed by atoms with van der Waals surface area (Å²) in [7, 11) is 0. The van der Waals surface area contributed by atoms with Gasteiger partial charge in [-0.05, 0) is 58.4 Å². The number of morpholine rings is 1. The number of hydrogen-bond donors (Lipinski definition) is 3. The molecule has 2 atom stereocenters. The summed E-state index contributed by atoms with van der Waals surface area (Å²) in [6, 6.07) is 5.94. The molecule has 8 nitrogen and oxygen atoms in total. The zero-order valence-corrected chi connectivity index (χ0v) is 19.2. The average molecular weight is 430 g/mol. The molecule has 3 rings (SSSR count). The van der Waals surface area contributed by atoms with E-state index in [4.69, 9.17) is 14.1 Å². The molecule has 0 radical (unpaired) electrons. The smallest absolute Gasteiger partial charge is 0.191 e. The van der Waals surface area contributed by atoms with Crippen LogP contribution in [-0.2, 0) is 16.9 Å². The molecule has 170 valence electrons. The molecule has 0 saturated carbocycles. The summed E-state index contributed by atoms with van der Waals surface area (Å²) >= 11 is 0. The number of ether oxygens (including phenoxy) is 1. The van der Waals surface area contributed by atoms with Crippen molar-refractivity contribution < 1.29 is 14.3 Å². The topological polar surface area (TPSA) is 95.2 Å². The van der Waals surface area contributed by atoms with Crippen LogP contribution >= 0.6 is 0 Å². The number of aromatic nitrogens is 1. The van der Waals surface area contributed by atoms with Crippen molar-refractivity contribution in [2.75, 3.05) is 37.7 Å². The van der Waals surface area contributed by atoms with Gasteiger partial charge in [0.1, 0.15) is 22.9 Å². The Balaban J connectivity index is 1.65. The molecule has 0 aromatic carbocycles. The number of nitrogens with zero attached hydrogens (tertiary/aromatic N) is 3. The maximum absolute atomic E-state index is 11.0. The lowest BCUT2D eigenvalue weighted by Gasteiger charge is -2.32. The molecular formula is C23H35N5O3. The van der Waals surface area contributed by atoms with Gasteiger partial charge in [0.05, 0.1) is 25.8 Å². The van der Waals surface area contributed by atoms with E-state index in [1.807, 2.05) is 39.1 Å². The molecule has 8 heteroatoms. The Morgan fingerprint density at radius 1 is 1.35 bits per heavy atom. The molecule has 31 heavy (non-hydrogen) atoms. The van der Waals surface area contributed by atoms with Crippen LogP contribution in [0.5, 0.6) is 0 Å². The maximum atomic E-state index is 11.0. The third-order valence-electron chi connectivity index (χ3n) is 5.36. The zero-order chi connectivity index (χ0) is 22.4. The number of nitrogens with one attached hydrogen (secondary N) is 2. The second-order valence-electron chi connectivity index (χ2n) is 8.30. The molecular weight excluding hydrogens is 394 g/mol. The van der Waals surface area contributed by atoms with Crippen molar-refractivity contribution in [1.29, 1.82) is 0 Å². The van der Waals surface area contributed by atoms with E-state index < -0.39 is 5.60 Å². The quantitative estimate of drug-likeness (QED) is 0.460. The molecule has 2 unspecified atom stereocenters. The Hall–Kier alpha value is -2.58. The molecule has 1 saturated heterocycles. The van der Waals surface area contributed by atoms with Gasteiger partial charge in [-0.25, -0.2) is 9.98 Å². The Bertz CT molecular complexity index is 893. The fraction of sp³-hybridized carbons (Fsp3) is 0.565. The van der Waals surface area contributed by atoms with Crippen molar-refractivity contribution in [1.82, 2.24) is 15.6 Å². The Morgan fingerprint density at radius 2 is 2.16 bits per heavy atom. The highest BCUT2D eigenvalue weighted by Crippen LogP contribution is 2.26. The van der Waals surface area contributed by atoms with E-state index in [1.54, 1.807) is 6.92 Å². The normalized spacial score (nSPS) is 19.2. The van der Waals surface area contributed by atoms with Crippen LogP contribution in [0.1, 0.15) is 43.4 Å². The van der Waals surface area contributed by atoms with Crippen molar-refractivity contribution in [3.05, 3.63) is 47.0 Å². The molecule has 1 fully saturated rings. The SMILES string of the molecule is CCNC(=NCc1ccnc(N2CCOC(C)C2)c1)NCC(C)(O)c1cc(C)oc1C. The molecule has 0 bridgehead atoms. The van der Waals surface area contributed by atoms with Crippen LogP contribution in [0.3, 0.4) is 0 Å². The van der Waals surface area contributed by atoms with Gasteiger partial charge < -0.3 is 29.8 Å². The van der Waals surface area contributed by atoms with E-state index in [0.717, 1.165) is 54.7 Å². The summed E-state index contributed by atoms with van der Waals surface area (Å²) in [6.07, 6.45) is 2.03. The van der Waals surface area contributed by atoms with Crippen LogP contribution in [-0.4, -0.2) is 54.9 Å². The maximum Gasteiger partial charge on any atom is 0.191 e. The monoisotopic (exact) mass is 429 g/mol. The summed E-state index contributed by atoms with van der Waals surface area (Å²) in [5.41, 5.74) is 0.788. The number of furan rings is 1. The van der Waals surface area contributed by atoms with Gasteiger partial charge in [-0.1, -0.05) is 0 Å². The molecule has 3 N–H and O–H groups in total. The first-order valence-electron chi connectivity index (χ1n) is 10.9. The summed E-state index contributed by atoms with van der Waals surface area (Å²) in [5, 5.41) is 17.5. The fourth-order valence-corrected chi connectivity index (χ4v) is 3.79. The van der Waals surface area contributed by atoms with Crippen molar-refractivity contribution in [3.8, 4) is 0 Å². The van der Waals surface area contributed by atoms with E-state index in [1.165, 1.54) is 0 Å². The third kappa shape index (κ3) is 6.21. The standard InChI is InChI=1S/C23H35N5O3/c1-6-24-22(27-15-23(5,29)20-11-16(2)31-18(20)4)26-13-19-7-8-25-21(12-19)28-9-10-30-17(3)14-28/h7-8,11-12,17,29H,6,9-10,13-15H2,1-5H3,(H2,24,26,27). The second kappa shape index (κ2) is 10.2. The molecule has 1 aliphatic heterocycles. The highest BCUT2D eigenvalue weighted by molar-refractivity contribution is 5.79. The predicted octanol–water partition coefficient (Wildman–Crippen LogP) is 2.48. The number of aliphatic imine (C=N–C) groups is 1. The number of guanidine groups is 1. The minimum atomic E-state index is -1.07. The van der Waals surface area contributed by atoms with E-state index in [0.29, 0.717) is 19.0 Å². The lowest BCUT2D eigenvalue weighted by atomic mass is 9.96. The molecule has 0 spiro atoms. The van der Waals surface area contributed by atoms with Crippen molar-refractivity contribution in [2.45, 2.75) is 52.9 Å². The van der Waals surface area contributed by atoms with Crippen LogP contribution in [0, 0.1) is 13.8 Å². The molecule has 0 aliphatic carbocycles. The Morgan fingerprint density at radius 3 is 2.84 bits per heavy atom. The van der Waals surface area contributed by atoms with Gasteiger partial charge in [0.25, 0.3) is 0 Å². The summed E-state index contributed by atoms with van der Waals surface area (Å²) in [5.74, 6) is 3.12. The van der Waals surface area contributed by atoms with Crippen molar-refractivity contribution in [3.63, 3.8) is 0 Å². The lowest BCUT2D eigenvalue weighted by Crippen LogP contribution is -2.44. The fourth-order valence-electron chi connectivity index (χ4n) is 3.79. The molecule has 2 aromatic heterocycles. The van der Waals surface area contributed by atoms with Crippen LogP contribution in [0.25, 0.3) is 0 Å². The predicted molar refractivity (Wildman–Crippen MR) is 122 cm³/mol. The van der Waals surface area contributed by atoms with Crippen molar-refractivity contribution in [2.24, 2.45) is 4.99 Å². The van der Waals surface area contributed by atoms with Gasteiger partial charge in [-0.2, -0.15) is 0 Å². The third-order valence-corrected chi connectivity index (χ3v) is 5.36. The number of rotatable bonds is 7. The number of pyridine rings is 1. The molecule has 1 aliphatic rings. The van der Waals surface area contributed by atoms with Gasteiger partial charge >= 0.3 is 0 Å². The Labute approximate surface area is 184 Å². The van der Waals surface area contributed by atoms with Crippen LogP contribution < -0.4 is 15.5 Å². The number of aryl methyl sites for hydroxylation is 2. The largest absolute Gasteiger partial charge is 0.466 e. The first-order chi connectivity index (χ1) is 14.8. The van der Waals surface area contributed by atoms with Crippen molar-refractivity contribution >= 4 is 11.8 Å². The molecule has 3 heterocycles. The van der Waals surface area contributed by atoms with Gasteiger partial charge in [-0.3, -0.25) is 0 Å². The molecule has 2 aromatic rings. The van der Waals surface area contributed by atoms with Crippen LogP contribution in [0.2, 0.25) is 0 Å². The Kier molecular flexibility index (Phi) is 7.56.